The lowest BCUT2D eigenvalue weighted by atomic mass is 10.2. The predicted octanol–water partition coefficient (Wildman–Crippen LogP) is 2.43. The molecule has 84 valence electrons. The lowest BCUT2D eigenvalue weighted by Gasteiger charge is -2.00. The minimum absolute atomic E-state index is 0.172. The van der Waals surface area contributed by atoms with Gasteiger partial charge in [0.25, 0.3) is 0 Å². The summed E-state index contributed by atoms with van der Waals surface area (Å²) in [6.07, 6.45) is 0. The van der Waals surface area contributed by atoms with E-state index in [1.54, 1.807) is 18.2 Å². The van der Waals surface area contributed by atoms with Gasteiger partial charge in [-0.2, -0.15) is 0 Å². The number of nitrogens with zero attached hydrogens (tertiary/aromatic N) is 3. The van der Waals surface area contributed by atoms with Crippen LogP contribution in [0.1, 0.15) is 5.56 Å². The molecule has 1 N–H and O–H groups in total. The number of para-hydroxylation sites is 2. The normalized spacial score (nSPS) is 10.9. The molecule has 0 saturated carbocycles. The standard InChI is InChI=1S/C13H11N3O/c1-9-5-4-6-10-13(9)15-16(14-10)11-7-2-3-8-12(11)17/h2-8,17H,1H3. The van der Waals surface area contributed by atoms with Crippen LogP contribution in [0.15, 0.2) is 42.5 Å². The van der Waals surface area contributed by atoms with Gasteiger partial charge in [-0.3, -0.25) is 0 Å². The second kappa shape index (κ2) is 3.59. The first-order valence-electron chi connectivity index (χ1n) is 5.37. The molecule has 0 atom stereocenters. The van der Waals surface area contributed by atoms with Crippen molar-refractivity contribution >= 4 is 11.0 Å². The molecule has 2 aromatic carbocycles. The van der Waals surface area contributed by atoms with Crippen LogP contribution in [0.25, 0.3) is 16.7 Å². The molecule has 0 radical (unpaired) electrons. The first-order chi connectivity index (χ1) is 8.25. The van der Waals surface area contributed by atoms with Crippen molar-refractivity contribution in [3.05, 3.63) is 48.0 Å². The van der Waals surface area contributed by atoms with Crippen molar-refractivity contribution in [1.82, 2.24) is 15.0 Å². The lowest BCUT2D eigenvalue weighted by Crippen LogP contribution is -1.98. The van der Waals surface area contributed by atoms with Crippen molar-refractivity contribution in [2.75, 3.05) is 0 Å². The third-order valence-corrected chi connectivity index (χ3v) is 2.71. The van der Waals surface area contributed by atoms with Crippen LogP contribution >= 0.6 is 0 Å². The van der Waals surface area contributed by atoms with E-state index in [0.29, 0.717) is 5.69 Å². The predicted molar refractivity (Wildman–Crippen MR) is 65.3 cm³/mol. The van der Waals surface area contributed by atoms with Crippen LogP contribution in [0.2, 0.25) is 0 Å². The third-order valence-electron chi connectivity index (χ3n) is 2.71. The van der Waals surface area contributed by atoms with Crippen molar-refractivity contribution in [2.45, 2.75) is 6.92 Å². The Hall–Kier alpha value is -2.36. The highest BCUT2D eigenvalue weighted by molar-refractivity contribution is 5.77. The maximum absolute atomic E-state index is 9.76. The fourth-order valence-electron chi connectivity index (χ4n) is 1.81. The third kappa shape index (κ3) is 1.54. The average Bonchev–Trinajstić information content (AvgIpc) is 2.75. The number of hydrogen-bond acceptors (Lipinski definition) is 3. The van der Waals surface area contributed by atoms with E-state index in [0.717, 1.165) is 16.6 Å². The van der Waals surface area contributed by atoms with Crippen molar-refractivity contribution in [2.24, 2.45) is 0 Å². The van der Waals surface area contributed by atoms with E-state index in [1.165, 1.54) is 4.80 Å². The minimum Gasteiger partial charge on any atom is -0.506 e. The summed E-state index contributed by atoms with van der Waals surface area (Å²) in [6.45, 7) is 1.99. The van der Waals surface area contributed by atoms with Crippen LogP contribution in [0.5, 0.6) is 5.75 Å². The van der Waals surface area contributed by atoms with E-state index < -0.39 is 0 Å². The number of hydrogen-bond donors (Lipinski definition) is 1. The Morgan fingerprint density at radius 2 is 1.82 bits per heavy atom. The molecule has 17 heavy (non-hydrogen) atoms. The molecular weight excluding hydrogens is 214 g/mol. The van der Waals surface area contributed by atoms with E-state index in [4.69, 9.17) is 0 Å². The number of aryl methyl sites for hydroxylation is 1. The number of rotatable bonds is 1. The highest BCUT2D eigenvalue weighted by atomic mass is 16.3. The Morgan fingerprint density at radius 3 is 2.59 bits per heavy atom. The van der Waals surface area contributed by atoms with Gasteiger partial charge in [-0.25, -0.2) is 0 Å². The molecule has 1 aromatic heterocycles. The van der Waals surface area contributed by atoms with Gasteiger partial charge in [0.2, 0.25) is 0 Å². The molecule has 0 fully saturated rings. The number of benzene rings is 2. The lowest BCUT2D eigenvalue weighted by molar-refractivity contribution is 0.468. The Kier molecular flexibility index (Phi) is 2.08. The number of aromatic nitrogens is 3. The van der Waals surface area contributed by atoms with Gasteiger partial charge in [-0.15, -0.1) is 15.0 Å². The van der Waals surface area contributed by atoms with E-state index >= 15 is 0 Å². The van der Waals surface area contributed by atoms with Crippen LogP contribution in [0.3, 0.4) is 0 Å². The van der Waals surface area contributed by atoms with Crippen LogP contribution in [0, 0.1) is 6.92 Å². The Morgan fingerprint density at radius 1 is 1.00 bits per heavy atom. The molecule has 0 spiro atoms. The highest BCUT2D eigenvalue weighted by Crippen LogP contribution is 2.21. The number of phenols is 1. The monoisotopic (exact) mass is 225 g/mol. The Labute approximate surface area is 98.1 Å². The van der Waals surface area contributed by atoms with Crippen LogP contribution in [0.4, 0.5) is 0 Å². The molecule has 0 aliphatic carbocycles. The molecule has 4 nitrogen and oxygen atoms in total. The van der Waals surface area contributed by atoms with Gasteiger partial charge in [0.15, 0.2) is 0 Å². The van der Waals surface area contributed by atoms with Crippen molar-refractivity contribution in [3.8, 4) is 11.4 Å². The Bertz CT molecular complexity index is 688. The fraction of sp³-hybridized carbons (Fsp3) is 0.0769. The summed E-state index contributed by atoms with van der Waals surface area (Å²) in [7, 11) is 0. The van der Waals surface area contributed by atoms with Crippen molar-refractivity contribution in [3.63, 3.8) is 0 Å². The smallest absolute Gasteiger partial charge is 0.143 e. The van der Waals surface area contributed by atoms with E-state index in [1.807, 2.05) is 31.2 Å². The van der Waals surface area contributed by atoms with Crippen LogP contribution in [-0.4, -0.2) is 20.1 Å². The Balaban J connectivity index is 2.26. The topological polar surface area (TPSA) is 50.9 Å². The maximum Gasteiger partial charge on any atom is 0.143 e. The first kappa shape index (κ1) is 9.84. The van der Waals surface area contributed by atoms with Gasteiger partial charge < -0.3 is 5.11 Å². The second-order valence-corrected chi connectivity index (χ2v) is 3.92. The zero-order chi connectivity index (χ0) is 11.8. The average molecular weight is 225 g/mol. The number of fused-ring (bicyclic) bond motifs is 1. The van der Waals surface area contributed by atoms with Gasteiger partial charge in [0.05, 0.1) is 0 Å². The van der Waals surface area contributed by atoms with Gasteiger partial charge in [0.1, 0.15) is 22.5 Å². The fourth-order valence-corrected chi connectivity index (χ4v) is 1.81. The van der Waals surface area contributed by atoms with E-state index in [-0.39, 0.29) is 5.75 Å². The highest BCUT2D eigenvalue weighted by Gasteiger charge is 2.08. The summed E-state index contributed by atoms with van der Waals surface area (Å²) < 4.78 is 0. The largest absolute Gasteiger partial charge is 0.506 e. The number of aromatic hydroxyl groups is 1. The molecule has 0 unspecified atom stereocenters. The van der Waals surface area contributed by atoms with Crippen LogP contribution in [-0.2, 0) is 0 Å². The molecule has 0 bridgehead atoms. The van der Waals surface area contributed by atoms with Gasteiger partial charge in [-0.1, -0.05) is 24.3 Å². The molecule has 4 heteroatoms. The summed E-state index contributed by atoms with van der Waals surface area (Å²) in [5, 5.41) is 18.5. The molecular formula is C13H11N3O. The molecule has 0 amide bonds. The zero-order valence-corrected chi connectivity index (χ0v) is 9.33. The second-order valence-electron chi connectivity index (χ2n) is 3.92. The molecule has 1 heterocycles. The van der Waals surface area contributed by atoms with Crippen molar-refractivity contribution < 1.29 is 5.11 Å². The van der Waals surface area contributed by atoms with Gasteiger partial charge in [0, 0.05) is 0 Å². The zero-order valence-electron chi connectivity index (χ0n) is 9.33. The van der Waals surface area contributed by atoms with E-state index in [9.17, 15) is 5.11 Å². The quantitative estimate of drug-likeness (QED) is 0.692. The molecule has 3 aromatic rings. The molecule has 0 aliphatic rings. The summed E-state index contributed by atoms with van der Waals surface area (Å²) in [6, 6.07) is 12.9. The molecule has 3 rings (SSSR count). The first-order valence-corrected chi connectivity index (χ1v) is 5.37. The summed E-state index contributed by atoms with van der Waals surface area (Å²) in [5.41, 5.74) is 3.34. The van der Waals surface area contributed by atoms with Crippen molar-refractivity contribution in [1.29, 1.82) is 0 Å². The SMILES string of the molecule is Cc1cccc2nn(-c3ccccc3O)nc12. The van der Waals surface area contributed by atoms with Crippen LogP contribution < -0.4 is 0 Å². The summed E-state index contributed by atoms with van der Waals surface area (Å²) in [5.74, 6) is 0.172. The maximum atomic E-state index is 9.76. The van der Waals surface area contributed by atoms with Gasteiger partial charge >= 0.3 is 0 Å². The number of phenolic OH excluding ortho intramolecular Hbond substituents is 1. The minimum atomic E-state index is 0.172. The van der Waals surface area contributed by atoms with Gasteiger partial charge in [-0.05, 0) is 30.7 Å². The van der Waals surface area contributed by atoms with E-state index in [2.05, 4.69) is 10.2 Å². The summed E-state index contributed by atoms with van der Waals surface area (Å²) in [4.78, 5) is 1.47. The summed E-state index contributed by atoms with van der Waals surface area (Å²) >= 11 is 0. The molecule has 0 saturated heterocycles. The molecule has 0 aliphatic heterocycles.